The number of nitrogens with zero attached hydrogens (tertiary/aromatic N) is 3. The number of halogens is 1. The number of anilines is 1. The van der Waals surface area contributed by atoms with E-state index in [0.717, 1.165) is 17.6 Å². The van der Waals surface area contributed by atoms with Crippen molar-refractivity contribution in [2.45, 2.75) is 25.8 Å². The van der Waals surface area contributed by atoms with Crippen LogP contribution >= 0.6 is 0 Å². The minimum absolute atomic E-state index is 0.167. The van der Waals surface area contributed by atoms with Crippen molar-refractivity contribution >= 4 is 11.7 Å². The molecule has 0 spiro atoms. The highest BCUT2D eigenvalue weighted by atomic mass is 19.1. The van der Waals surface area contributed by atoms with Crippen LogP contribution in [0.15, 0.2) is 23.8 Å². The molecule has 3 rings (SSSR count). The molecular weight excluding hydrogens is 335 g/mol. The Balaban J connectivity index is 1.84. The van der Waals surface area contributed by atoms with E-state index in [1.807, 2.05) is 11.0 Å². The van der Waals surface area contributed by atoms with Gasteiger partial charge in [0.1, 0.15) is 5.82 Å². The van der Waals surface area contributed by atoms with Crippen molar-refractivity contribution < 1.29 is 14.4 Å². The number of nitrogens with two attached hydrogens (primary N) is 1. The summed E-state index contributed by atoms with van der Waals surface area (Å²) in [7, 11) is 0. The molecule has 0 bridgehead atoms. The normalized spacial score (nSPS) is 18.1. The van der Waals surface area contributed by atoms with Crippen molar-refractivity contribution in [1.82, 2.24) is 5.06 Å². The number of hydrogen-bond acceptors (Lipinski definition) is 4. The van der Waals surface area contributed by atoms with Crippen LogP contribution in [-0.2, 0) is 13.0 Å². The van der Waals surface area contributed by atoms with Gasteiger partial charge in [0, 0.05) is 18.5 Å². The molecule has 1 aromatic rings. The Labute approximate surface area is 151 Å². The molecule has 0 radical (unpaired) electrons. The molecule has 26 heavy (non-hydrogen) atoms. The average molecular weight is 354 g/mol. The number of fused-ring (bicyclic) bond motifs is 1. The van der Waals surface area contributed by atoms with E-state index < -0.39 is 11.8 Å². The third-order valence-electron chi connectivity index (χ3n) is 4.48. The van der Waals surface area contributed by atoms with Gasteiger partial charge in [-0.2, -0.15) is 5.26 Å². The molecule has 1 aliphatic heterocycles. The van der Waals surface area contributed by atoms with Crippen LogP contribution in [0.25, 0.3) is 0 Å². The minimum Gasteiger partial charge on any atom is -0.364 e. The summed E-state index contributed by atoms with van der Waals surface area (Å²) in [6.07, 6.45) is 3.96. The Bertz CT molecular complexity index is 863. The Morgan fingerprint density at radius 3 is 3.08 bits per heavy atom. The molecule has 1 unspecified atom stereocenters. The Hall–Kier alpha value is -3.03. The zero-order chi connectivity index (χ0) is 18.7. The van der Waals surface area contributed by atoms with Crippen molar-refractivity contribution in [3.8, 4) is 17.9 Å². The van der Waals surface area contributed by atoms with Gasteiger partial charge in [-0.1, -0.05) is 24.0 Å². The van der Waals surface area contributed by atoms with Crippen molar-refractivity contribution in [2.75, 3.05) is 18.0 Å². The van der Waals surface area contributed by atoms with Crippen LogP contribution in [0.2, 0.25) is 0 Å². The number of carbonyl (C=O) groups excluding carboxylic acids is 1. The summed E-state index contributed by atoms with van der Waals surface area (Å²) in [6, 6.07) is 4.31. The minimum atomic E-state index is -0.986. The first-order chi connectivity index (χ1) is 12.5. The van der Waals surface area contributed by atoms with Crippen molar-refractivity contribution in [1.29, 1.82) is 5.26 Å². The van der Waals surface area contributed by atoms with E-state index in [0.29, 0.717) is 42.2 Å². The number of primary amides is 1. The van der Waals surface area contributed by atoms with Gasteiger partial charge in [-0.25, -0.2) is 14.2 Å². The van der Waals surface area contributed by atoms with Gasteiger partial charge in [-0.15, -0.1) is 0 Å². The van der Waals surface area contributed by atoms with Crippen LogP contribution in [0.5, 0.6) is 0 Å². The van der Waals surface area contributed by atoms with E-state index in [1.165, 1.54) is 6.07 Å². The molecule has 1 aromatic carbocycles. The number of aryl methyl sites for hydroxylation is 1. The Morgan fingerprint density at radius 1 is 1.54 bits per heavy atom. The van der Waals surface area contributed by atoms with Crippen molar-refractivity contribution in [2.24, 2.45) is 11.7 Å². The summed E-state index contributed by atoms with van der Waals surface area (Å²) in [4.78, 5) is 12.9. The second-order valence-electron chi connectivity index (χ2n) is 6.44. The van der Waals surface area contributed by atoms with E-state index in [2.05, 4.69) is 17.9 Å². The van der Waals surface area contributed by atoms with Crippen LogP contribution < -0.4 is 10.6 Å². The van der Waals surface area contributed by atoms with E-state index in [-0.39, 0.29) is 12.5 Å². The first-order valence-electron chi connectivity index (χ1n) is 8.39. The summed E-state index contributed by atoms with van der Waals surface area (Å²) in [5.74, 6) is 5.38. The summed E-state index contributed by atoms with van der Waals surface area (Å²) in [5.41, 5.74) is 7.65. The van der Waals surface area contributed by atoms with Gasteiger partial charge in [0.05, 0.1) is 30.8 Å². The largest absolute Gasteiger partial charge is 0.364 e. The predicted molar refractivity (Wildman–Crippen MR) is 93.4 cm³/mol. The van der Waals surface area contributed by atoms with Gasteiger partial charge < -0.3 is 10.6 Å². The zero-order valence-corrected chi connectivity index (χ0v) is 14.2. The summed E-state index contributed by atoms with van der Waals surface area (Å²) in [6.45, 7) is 0.995. The summed E-state index contributed by atoms with van der Waals surface area (Å²) >= 11 is 0. The maximum atomic E-state index is 14.8. The highest BCUT2D eigenvalue weighted by Gasteiger charge is 2.23. The maximum absolute atomic E-state index is 14.8. The highest BCUT2D eigenvalue weighted by molar-refractivity contribution is 5.70. The Morgan fingerprint density at radius 2 is 2.35 bits per heavy atom. The smallest absolute Gasteiger partial charge is 0.338 e. The van der Waals surface area contributed by atoms with Gasteiger partial charge in [0.2, 0.25) is 0 Å². The standard InChI is InChI=1S/C19H19FN4O2/c20-17-9-15(12-24(26)19(22)25)8-16-5-2-6-23(18(16)17)11-14-4-1-3-13(7-14)10-21/h7-9,13,26H,2-3,5-6,11-12H2,(H2,22,25). The molecular formula is C19H19FN4O2. The molecule has 0 saturated heterocycles. The van der Waals surface area contributed by atoms with E-state index in [9.17, 15) is 14.4 Å². The second kappa shape index (κ2) is 7.47. The van der Waals surface area contributed by atoms with Gasteiger partial charge in [0.15, 0.2) is 0 Å². The molecule has 7 heteroatoms. The number of nitriles is 1. The van der Waals surface area contributed by atoms with Crippen LogP contribution in [0, 0.1) is 34.9 Å². The molecule has 134 valence electrons. The average Bonchev–Trinajstić information content (AvgIpc) is 2.61. The number of urea groups is 1. The fourth-order valence-electron chi connectivity index (χ4n) is 3.33. The van der Waals surface area contributed by atoms with Gasteiger partial charge in [0.25, 0.3) is 0 Å². The SMILES string of the molecule is N#CC1C=C(CN2CCCc3cc(CN(O)C(N)=O)cc(F)c32)C#CC1. The van der Waals surface area contributed by atoms with Crippen molar-refractivity contribution in [3.05, 3.63) is 40.7 Å². The Kier molecular flexibility index (Phi) is 5.11. The zero-order valence-electron chi connectivity index (χ0n) is 14.2. The molecule has 2 aliphatic rings. The first-order valence-corrected chi connectivity index (χ1v) is 8.39. The predicted octanol–water partition coefficient (Wildman–Crippen LogP) is 2.32. The number of amides is 2. The van der Waals surface area contributed by atoms with E-state index >= 15 is 0 Å². The highest BCUT2D eigenvalue weighted by Crippen LogP contribution is 2.32. The number of rotatable bonds is 4. The molecule has 1 atom stereocenters. The van der Waals surface area contributed by atoms with Gasteiger partial charge in [-0.05, 0) is 30.0 Å². The molecule has 0 fully saturated rings. The summed E-state index contributed by atoms with van der Waals surface area (Å²) in [5, 5.41) is 18.9. The molecule has 3 N–H and O–H groups in total. The fraction of sp³-hybridized carbons (Fsp3) is 0.368. The third-order valence-corrected chi connectivity index (χ3v) is 4.48. The number of hydroxylamine groups is 2. The number of hydrogen-bond donors (Lipinski definition) is 2. The van der Waals surface area contributed by atoms with Gasteiger partial charge >= 0.3 is 6.03 Å². The van der Waals surface area contributed by atoms with Crippen LogP contribution in [-0.4, -0.2) is 29.4 Å². The quantitative estimate of drug-likeness (QED) is 0.493. The van der Waals surface area contributed by atoms with Crippen LogP contribution in [0.3, 0.4) is 0 Å². The second-order valence-corrected chi connectivity index (χ2v) is 6.44. The lowest BCUT2D eigenvalue weighted by atomic mass is 9.96. The lowest BCUT2D eigenvalue weighted by Gasteiger charge is -2.32. The van der Waals surface area contributed by atoms with Crippen LogP contribution in [0.1, 0.15) is 24.0 Å². The first kappa shape index (κ1) is 17.8. The molecule has 2 amide bonds. The molecule has 6 nitrogen and oxygen atoms in total. The molecule has 1 heterocycles. The lowest BCUT2D eigenvalue weighted by Crippen LogP contribution is -2.34. The third kappa shape index (κ3) is 3.79. The summed E-state index contributed by atoms with van der Waals surface area (Å²) < 4.78 is 14.8. The maximum Gasteiger partial charge on any atom is 0.338 e. The topological polar surface area (TPSA) is 93.6 Å². The monoisotopic (exact) mass is 354 g/mol. The van der Waals surface area contributed by atoms with E-state index in [1.54, 1.807) is 6.07 Å². The van der Waals surface area contributed by atoms with E-state index in [4.69, 9.17) is 11.0 Å². The fourth-order valence-corrected chi connectivity index (χ4v) is 3.33. The molecule has 0 aromatic heterocycles. The lowest BCUT2D eigenvalue weighted by molar-refractivity contribution is -0.0471. The molecule has 1 aliphatic carbocycles. The number of benzene rings is 1. The van der Waals surface area contributed by atoms with Gasteiger partial charge in [-0.3, -0.25) is 5.21 Å². The van der Waals surface area contributed by atoms with Crippen LogP contribution in [0.4, 0.5) is 14.9 Å². The van der Waals surface area contributed by atoms with Crippen molar-refractivity contribution in [3.63, 3.8) is 0 Å². The number of allylic oxidation sites excluding steroid dienone is 1. The number of carbonyl (C=O) groups is 1. The molecule has 0 saturated carbocycles.